The summed E-state index contributed by atoms with van der Waals surface area (Å²) < 4.78 is 13.5. The summed E-state index contributed by atoms with van der Waals surface area (Å²) in [6.07, 6.45) is 0. The van der Waals surface area contributed by atoms with Crippen molar-refractivity contribution in [3.63, 3.8) is 0 Å². The topological polar surface area (TPSA) is 12.0 Å². The van der Waals surface area contributed by atoms with Crippen molar-refractivity contribution in [2.75, 3.05) is 7.05 Å². The molecule has 0 radical (unpaired) electrons. The fourth-order valence-electron chi connectivity index (χ4n) is 2.66. The van der Waals surface area contributed by atoms with Gasteiger partial charge in [0.2, 0.25) is 0 Å². The van der Waals surface area contributed by atoms with E-state index in [4.69, 9.17) is 0 Å². The van der Waals surface area contributed by atoms with Crippen molar-refractivity contribution in [2.45, 2.75) is 26.8 Å². The molecule has 1 N–H and O–H groups in total. The molecular formula is C17H20FN. The summed E-state index contributed by atoms with van der Waals surface area (Å²) in [5.74, 6) is -0.188. The fourth-order valence-corrected chi connectivity index (χ4v) is 2.66. The zero-order chi connectivity index (χ0) is 14.0. The van der Waals surface area contributed by atoms with Gasteiger partial charge in [0.05, 0.1) is 6.04 Å². The Hall–Kier alpha value is -1.67. The first-order chi connectivity index (χ1) is 9.04. The quantitative estimate of drug-likeness (QED) is 0.874. The molecule has 1 nitrogen and oxygen atoms in total. The van der Waals surface area contributed by atoms with Crippen LogP contribution in [-0.4, -0.2) is 7.05 Å². The maximum absolute atomic E-state index is 13.5. The molecular weight excluding hydrogens is 237 g/mol. The molecule has 1 atom stereocenters. The van der Waals surface area contributed by atoms with E-state index in [1.807, 2.05) is 20.0 Å². The lowest BCUT2D eigenvalue weighted by Gasteiger charge is -2.23. The predicted molar refractivity (Wildman–Crippen MR) is 78.0 cm³/mol. The standard InChI is InChI=1S/C17H20FN/c1-11-8-9-14(18)10-15(11)17(19-4)16-12(2)6-5-7-13(16)3/h5-10,17,19H,1-4H3. The number of benzene rings is 2. The Labute approximate surface area is 114 Å². The zero-order valence-corrected chi connectivity index (χ0v) is 11.9. The number of halogens is 1. The van der Waals surface area contributed by atoms with Crippen molar-refractivity contribution >= 4 is 0 Å². The minimum atomic E-state index is -0.188. The zero-order valence-electron chi connectivity index (χ0n) is 11.9. The van der Waals surface area contributed by atoms with Crippen molar-refractivity contribution in [1.82, 2.24) is 5.32 Å². The second-order valence-corrected chi connectivity index (χ2v) is 5.03. The van der Waals surface area contributed by atoms with Crippen LogP contribution in [0.15, 0.2) is 36.4 Å². The van der Waals surface area contributed by atoms with Crippen LogP contribution >= 0.6 is 0 Å². The van der Waals surface area contributed by atoms with E-state index < -0.39 is 0 Å². The SMILES string of the molecule is CNC(c1cc(F)ccc1C)c1c(C)cccc1C. The second-order valence-electron chi connectivity index (χ2n) is 5.03. The highest BCUT2D eigenvalue weighted by Gasteiger charge is 2.18. The lowest BCUT2D eigenvalue weighted by Crippen LogP contribution is -2.21. The van der Waals surface area contributed by atoms with E-state index in [2.05, 4.69) is 37.4 Å². The first-order valence-electron chi connectivity index (χ1n) is 6.54. The Kier molecular flexibility index (Phi) is 4.01. The highest BCUT2D eigenvalue weighted by molar-refractivity contribution is 5.44. The second kappa shape index (κ2) is 5.54. The van der Waals surface area contributed by atoms with Crippen LogP contribution in [0.3, 0.4) is 0 Å². The summed E-state index contributed by atoms with van der Waals surface area (Å²) in [6, 6.07) is 11.3. The number of hydrogen-bond donors (Lipinski definition) is 1. The van der Waals surface area contributed by atoms with Crippen LogP contribution in [-0.2, 0) is 0 Å². The lowest BCUT2D eigenvalue weighted by molar-refractivity contribution is 0.614. The summed E-state index contributed by atoms with van der Waals surface area (Å²) in [6.45, 7) is 6.22. The lowest BCUT2D eigenvalue weighted by atomic mass is 9.89. The molecule has 0 saturated heterocycles. The van der Waals surface area contributed by atoms with Gasteiger partial charge < -0.3 is 5.32 Å². The smallest absolute Gasteiger partial charge is 0.123 e. The summed E-state index contributed by atoms with van der Waals surface area (Å²) in [4.78, 5) is 0. The molecule has 1 unspecified atom stereocenters. The van der Waals surface area contributed by atoms with Gasteiger partial charge in [0.1, 0.15) is 5.82 Å². The first-order valence-corrected chi connectivity index (χ1v) is 6.54. The van der Waals surface area contributed by atoms with E-state index >= 15 is 0 Å². The molecule has 0 aromatic heterocycles. The van der Waals surface area contributed by atoms with E-state index in [0.717, 1.165) is 11.1 Å². The highest BCUT2D eigenvalue weighted by Crippen LogP contribution is 2.29. The first kappa shape index (κ1) is 13.8. The van der Waals surface area contributed by atoms with Crippen molar-refractivity contribution in [3.8, 4) is 0 Å². The fraction of sp³-hybridized carbons (Fsp3) is 0.294. The van der Waals surface area contributed by atoms with Crippen LogP contribution in [0.2, 0.25) is 0 Å². The molecule has 0 fully saturated rings. The molecule has 0 saturated carbocycles. The molecule has 2 aromatic carbocycles. The van der Waals surface area contributed by atoms with Crippen LogP contribution in [0.1, 0.15) is 33.9 Å². The molecule has 19 heavy (non-hydrogen) atoms. The molecule has 0 amide bonds. The average Bonchev–Trinajstić information content (AvgIpc) is 2.37. The van der Waals surface area contributed by atoms with Gasteiger partial charge >= 0.3 is 0 Å². The maximum atomic E-state index is 13.5. The van der Waals surface area contributed by atoms with E-state index in [0.29, 0.717) is 0 Å². The Morgan fingerprint density at radius 2 is 1.58 bits per heavy atom. The molecule has 0 aliphatic rings. The van der Waals surface area contributed by atoms with Crippen LogP contribution < -0.4 is 5.32 Å². The van der Waals surface area contributed by atoms with Gasteiger partial charge in [-0.3, -0.25) is 0 Å². The van der Waals surface area contributed by atoms with Gasteiger partial charge in [0, 0.05) is 0 Å². The van der Waals surface area contributed by atoms with Crippen molar-refractivity contribution < 1.29 is 4.39 Å². The maximum Gasteiger partial charge on any atom is 0.123 e. The Morgan fingerprint density at radius 1 is 0.947 bits per heavy atom. The summed E-state index contributed by atoms with van der Waals surface area (Å²) in [5.41, 5.74) is 5.79. The molecule has 0 heterocycles. The molecule has 0 aliphatic heterocycles. The third-order valence-electron chi connectivity index (χ3n) is 3.67. The van der Waals surface area contributed by atoms with E-state index in [9.17, 15) is 4.39 Å². The van der Waals surface area contributed by atoms with Gasteiger partial charge in [0.15, 0.2) is 0 Å². The van der Waals surface area contributed by atoms with Gasteiger partial charge in [-0.25, -0.2) is 4.39 Å². The number of hydrogen-bond acceptors (Lipinski definition) is 1. The largest absolute Gasteiger partial charge is 0.309 e. The van der Waals surface area contributed by atoms with Crippen LogP contribution in [0.25, 0.3) is 0 Å². The van der Waals surface area contributed by atoms with Crippen molar-refractivity contribution in [2.24, 2.45) is 0 Å². The molecule has 2 rings (SSSR count). The predicted octanol–water partition coefficient (Wildman–Crippen LogP) is 4.06. The highest BCUT2D eigenvalue weighted by atomic mass is 19.1. The van der Waals surface area contributed by atoms with Gasteiger partial charge in [-0.2, -0.15) is 0 Å². The van der Waals surface area contributed by atoms with Crippen molar-refractivity contribution in [1.29, 1.82) is 0 Å². The molecule has 100 valence electrons. The Morgan fingerprint density at radius 3 is 2.16 bits per heavy atom. The summed E-state index contributed by atoms with van der Waals surface area (Å²) in [5, 5.41) is 3.32. The number of rotatable bonds is 3. The summed E-state index contributed by atoms with van der Waals surface area (Å²) >= 11 is 0. The molecule has 2 aromatic rings. The minimum absolute atomic E-state index is 0.0249. The Balaban J connectivity index is 2.59. The minimum Gasteiger partial charge on any atom is -0.309 e. The Bertz CT molecular complexity index is 570. The van der Waals surface area contributed by atoms with Gasteiger partial charge in [-0.1, -0.05) is 24.3 Å². The monoisotopic (exact) mass is 257 g/mol. The number of nitrogens with one attached hydrogen (secondary N) is 1. The third-order valence-corrected chi connectivity index (χ3v) is 3.67. The van der Waals surface area contributed by atoms with E-state index in [1.165, 1.54) is 22.8 Å². The van der Waals surface area contributed by atoms with Gasteiger partial charge in [-0.15, -0.1) is 0 Å². The normalized spacial score (nSPS) is 12.5. The molecule has 0 aliphatic carbocycles. The van der Waals surface area contributed by atoms with E-state index in [-0.39, 0.29) is 11.9 Å². The third kappa shape index (κ3) is 2.69. The molecule has 0 bridgehead atoms. The van der Waals surface area contributed by atoms with Crippen LogP contribution in [0.4, 0.5) is 4.39 Å². The van der Waals surface area contributed by atoms with E-state index in [1.54, 1.807) is 6.07 Å². The number of aryl methyl sites for hydroxylation is 3. The van der Waals surface area contributed by atoms with Crippen LogP contribution in [0, 0.1) is 26.6 Å². The molecule has 2 heteroatoms. The van der Waals surface area contributed by atoms with Crippen molar-refractivity contribution in [3.05, 3.63) is 70.0 Å². The van der Waals surface area contributed by atoms with Gasteiger partial charge in [0.25, 0.3) is 0 Å². The molecule has 0 spiro atoms. The van der Waals surface area contributed by atoms with Gasteiger partial charge in [-0.05, 0) is 67.8 Å². The average molecular weight is 257 g/mol. The van der Waals surface area contributed by atoms with Crippen LogP contribution in [0.5, 0.6) is 0 Å². The summed E-state index contributed by atoms with van der Waals surface area (Å²) in [7, 11) is 1.92.